The number of ether oxygens (including phenoxy) is 3. The minimum Gasteiger partial charge on any atom is -0.497 e. The Hall–Kier alpha value is -2.87. The number of carbonyl (C=O) groups is 1. The number of anilines is 2. The molecule has 0 aliphatic carbocycles. The van der Waals surface area contributed by atoms with Gasteiger partial charge in [-0.05, 0) is 18.6 Å². The zero-order valence-corrected chi connectivity index (χ0v) is 14.5. The molecule has 2 N–H and O–H groups in total. The van der Waals surface area contributed by atoms with E-state index < -0.39 is 0 Å². The van der Waals surface area contributed by atoms with Crippen molar-refractivity contribution in [3.8, 4) is 11.5 Å². The molecule has 0 aliphatic rings. The van der Waals surface area contributed by atoms with E-state index in [0.29, 0.717) is 30.5 Å². The van der Waals surface area contributed by atoms with Gasteiger partial charge < -0.3 is 24.8 Å². The topological polar surface area (TPSA) is 94.6 Å². The Balaban J connectivity index is 1.99. The summed E-state index contributed by atoms with van der Waals surface area (Å²) in [6.45, 7) is 1.12. The van der Waals surface area contributed by atoms with Crippen molar-refractivity contribution in [3.05, 3.63) is 36.3 Å². The first-order chi connectivity index (χ1) is 12.2. The molecule has 1 aromatic heterocycles. The van der Waals surface area contributed by atoms with Gasteiger partial charge in [-0.15, -0.1) is 0 Å². The summed E-state index contributed by atoms with van der Waals surface area (Å²) >= 11 is 0. The molecule has 25 heavy (non-hydrogen) atoms. The third-order valence-electron chi connectivity index (χ3n) is 3.37. The predicted molar refractivity (Wildman–Crippen MR) is 93.7 cm³/mol. The van der Waals surface area contributed by atoms with Crippen LogP contribution < -0.4 is 20.1 Å². The number of aromatic nitrogens is 2. The second-order valence-electron chi connectivity index (χ2n) is 5.08. The molecule has 0 saturated carbocycles. The lowest BCUT2D eigenvalue weighted by atomic mass is 10.2. The van der Waals surface area contributed by atoms with Crippen molar-refractivity contribution in [2.24, 2.45) is 0 Å². The molecule has 0 saturated heterocycles. The van der Waals surface area contributed by atoms with Crippen molar-refractivity contribution in [1.82, 2.24) is 15.3 Å². The van der Waals surface area contributed by atoms with Gasteiger partial charge in [0.25, 0.3) is 5.91 Å². The van der Waals surface area contributed by atoms with Crippen LogP contribution in [0.1, 0.15) is 16.9 Å². The van der Waals surface area contributed by atoms with E-state index in [-0.39, 0.29) is 11.6 Å². The highest BCUT2D eigenvalue weighted by Gasteiger charge is 2.09. The van der Waals surface area contributed by atoms with Crippen LogP contribution in [0.3, 0.4) is 0 Å². The fourth-order valence-electron chi connectivity index (χ4n) is 2.06. The van der Waals surface area contributed by atoms with Gasteiger partial charge in [-0.3, -0.25) is 4.79 Å². The molecule has 0 bridgehead atoms. The summed E-state index contributed by atoms with van der Waals surface area (Å²) in [6, 6.07) is 5.38. The van der Waals surface area contributed by atoms with Gasteiger partial charge in [-0.1, -0.05) is 0 Å². The normalized spacial score (nSPS) is 10.2. The van der Waals surface area contributed by atoms with Gasteiger partial charge in [-0.25, -0.2) is 9.97 Å². The van der Waals surface area contributed by atoms with Crippen molar-refractivity contribution < 1.29 is 19.0 Å². The van der Waals surface area contributed by atoms with Crippen molar-refractivity contribution in [2.45, 2.75) is 6.42 Å². The van der Waals surface area contributed by atoms with Gasteiger partial charge in [0.15, 0.2) is 0 Å². The molecule has 2 rings (SSSR count). The van der Waals surface area contributed by atoms with E-state index in [2.05, 4.69) is 20.6 Å². The van der Waals surface area contributed by atoms with Crippen LogP contribution >= 0.6 is 0 Å². The molecule has 0 fully saturated rings. The molecular weight excluding hydrogens is 324 g/mol. The van der Waals surface area contributed by atoms with Crippen LogP contribution in [0, 0.1) is 0 Å². The quantitative estimate of drug-likeness (QED) is 0.671. The molecule has 134 valence electrons. The van der Waals surface area contributed by atoms with E-state index in [4.69, 9.17) is 14.2 Å². The van der Waals surface area contributed by atoms with E-state index in [9.17, 15) is 4.79 Å². The molecule has 1 aromatic carbocycles. The van der Waals surface area contributed by atoms with Crippen LogP contribution in [-0.2, 0) is 4.74 Å². The summed E-state index contributed by atoms with van der Waals surface area (Å²) in [5, 5.41) is 5.86. The van der Waals surface area contributed by atoms with Crippen molar-refractivity contribution in [3.63, 3.8) is 0 Å². The lowest BCUT2D eigenvalue weighted by molar-refractivity contribution is 0.0943. The molecule has 2 aromatic rings. The lowest BCUT2D eigenvalue weighted by Gasteiger charge is -2.12. The number of carbonyl (C=O) groups excluding carboxylic acids is 1. The van der Waals surface area contributed by atoms with Crippen molar-refractivity contribution in [2.75, 3.05) is 39.8 Å². The third kappa shape index (κ3) is 5.32. The monoisotopic (exact) mass is 346 g/mol. The zero-order valence-electron chi connectivity index (χ0n) is 14.5. The Bertz CT molecular complexity index is 692. The molecule has 0 unspecified atom stereocenters. The molecule has 0 aliphatic heterocycles. The first-order valence-corrected chi connectivity index (χ1v) is 7.76. The van der Waals surface area contributed by atoms with Crippen LogP contribution in [0.15, 0.2) is 30.6 Å². The van der Waals surface area contributed by atoms with Gasteiger partial charge in [-0.2, -0.15) is 0 Å². The average Bonchev–Trinajstić information content (AvgIpc) is 2.66. The summed E-state index contributed by atoms with van der Waals surface area (Å²) in [5.74, 6) is 1.53. The van der Waals surface area contributed by atoms with Crippen LogP contribution in [-0.4, -0.2) is 50.4 Å². The number of hydrogen-bond acceptors (Lipinski definition) is 7. The van der Waals surface area contributed by atoms with Crippen LogP contribution in [0.2, 0.25) is 0 Å². The van der Waals surface area contributed by atoms with Gasteiger partial charge in [0.2, 0.25) is 0 Å². The number of nitrogens with one attached hydrogen (secondary N) is 2. The van der Waals surface area contributed by atoms with E-state index in [0.717, 1.165) is 12.1 Å². The first-order valence-electron chi connectivity index (χ1n) is 7.76. The highest BCUT2D eigenvalue weighted by molar-refractivity contribution is 5.92. The first kappa shape index (κ1) is 18.5. The summed E-state index contributed by atoms with van der Waals surface area (Å²) in [4.78, 5) is 20.3. The van der Waals surface area contributed by atoms with Gasteiger partial charge in [0, 0.05) is 26.3 Å². The highest BCUT2D eigenvalue weighted by Crippen LogP contribution is 2.30. The molecule has 0 spiro atoms. The van der Waals surface area contributed by atoms with E-state index in [1.165, 1.54) is 12.4 Å². The molecule has 8 heteroatoms. The Morgan fingerprint density at radius 2 is 1.96 bits per heavy atom. The zero-order chi connectivity index (χ0) is 18.1. The SMILES string of the molecule is COCCCNC(=O)c1cnc(Nc2ccc(OC)cc2OC)cn1. The van der Waals surface area contributed by atoms with Crippen molar-refractivity contribution in [1.29, 1.82) is 0 Å². The summed E-state index contributed by atoms with van der Waals surface area (Å²) in [6.07, 6.45) is 3.66. The molecule has 1 amide bonds. The Labute approximate surface area is 146 Å². The maximum Gasteiger partial charge on any atom is 0.271 e. The summed E-state index contributed by atoms with van der Waals surface area (Å²) in [5.41, 5.74) is 0.971. The van der Waals surface area contributed by atoms with Crippen LogP contribution in [0.5, 0.6) is 11.5 Å². The van der Waals surface area contributed by atoms with Crippen LogP contribution in [0.25, 0.3) is 0 Å². The smallest absolute Gasteiger partial charge is 0.271 e. The largest absolute Gasteiger partial charge is 0.497 e. The summed E-state index contributed by atoms with van der Waals surface area (Å²) < 4.78 is 15.4. The molecule has 0 radical (unpaired) electrons. The summed E-state index contributed by atoms with van der Waals surface area (Å²) in [7, 11) is 4.78. The number of methoxy groups -OCH3 is 3. The number of amides is 1. The molecular formula is C17H22N4O4. The number of benzene rings is 1. The van der Waals surface area contributed by atoms with Crippen molar-refractivity contribution >= 4 is 17.4 Å². The number of nitrogens with zero attached hydrogens (tertiary/aromatic N) is 2. The Kier molecular flexibility index (Phi) is 6.97. The molecule has 0 atom stereocenters. The lowest BCUT2D eigenvalue weighted by Crippen LogP contribution is -2.26. The second kappa shape index (κ2) is 9.43. The average molecular weight is 346 g/mol. The van der Waals surface area contributed by atoms with E-state index in [1.54, 1.807) is 33.5 Å². The van der Waals surface area contributed by atoms with E-state index >= 15 is 0 Å². The number of rotatable bonds is 9. The van der Waals surface area contributed by atoms with Gasteiger partial charge in [0.05, 0.1) is 32.3 Å². The number of hydrogen-bond donors (Lipinski definition) is 2. The minimum atomic E-state index is -0.266. The standard InChI is InChI=1S/C17H22N4O4/c1-23-8-4-7-18-17(22)14-10-20-16(11-19-14)21-13-6-5-12(24-2)9-15(13)25-3/h5-6,9-11H,4,7-8H2,1-3H3,(H,18,22)(H,20,21). The maximum atomic E-state index is 11.9. The molecule has 1 heterocycles. The minimum absolute atomic E-state index is 0.254. The van der Waals surface area contributed by atoms with Gasteiger partial charge in [0.1, 0.15) is 23.0 Å². The third-order valence-corrected chi connectivity index (χ3v) is 3.37. The fraction of sp³-hybridized carbons (Fsp3) is 0.353. The maximum absolute atomic E-state index is 11.9. The Morgan fingerprint density at radius 1 is 1.12 bits per heavy atom. The Morgan fingerprint density at radius 3 is 2.60 bits per heavy atom. The molecule has 8 nitrogen and oxygen atoms in total. The highest BCUT2D eigenvalue weighted by atomic mass is 16.5. The second-order valence-corrected chi connectivity index (χ2v) is 5.08. The van der Waals surface area contributed by atoms with Crippen LogP contribution in [0.4, 0.5) is 11.5 Å². The fourth-order valence-corrected chi connectivity index (χ4v) is 2.06. The van der Waals surface area contributed by atoms with E-state index in [1.807, 2.05) is 6.07 Å². The van der Waals surface area contributed by atoms with Gasteiger partial charge >= 0.3 is 0 Å². The predicted octanol–water partition coefficient (Wildman–Crippen LogP) is 2.00.